The zero-order chi connectivity index (χ0) is 25.1. The van der Waals surface area contributed by atoms with Gasteiger partial charge in [-0.3, -0.25) is 4.55 Å². The Bertz CT molecular complexity index is 889. The van der Waals surface area contributed by atoms with Crippen LogP contribution in [0.2, 0.25) is 0 Å². The van der Waals surface area contributed by atoms with Crippen molar-refractivity contribution in [3.8, 4) is 0 Å². The number of aromatic carboxylic acids is 1. The molecule has 0 spiro atoms. The summed E-state index contributed by atoms with van der Waals surface area (Å²) in [6, 6.07) is 15.7. The van der Waals surface area contributed by atoms with Gasteiger partial charge in [0.2, 0.25) is 0 Å². The van der Waals surface area contributed by atoms with Crippen LogP contribution >= 0.6 is 0 Å². The van der Waals surface area contributed by atoms with Crippen LogP contribution in [-0.2, 0) is 10.1 Å². The molecule has 0 aliphatic heterocycles. The zero-order valence-electron chi connectivity index (χ0n) is 19.5. The summed E-state index contributed by atoms with van der Waals surface area (Å²) in [6.45, 7) is 11.8. The molecule has 0 bridgehead atoms. The van der Waals surface area contributed by atoms with Gasteiger partial charge in [-0.05, 0) is 35.6 Å². The van der Waals surface area contributed by atoms with E-state index < -0.39 is 28.3 Å². The summed E-state index contributed by atoms with van der Waals surface area (Å²) in [5, 5.41) is 28.1. The molecule has 4 N–H and O–H groups in total. The Labute approximate surface area is 191 Å². The fourth-order valence-corrected chi connectivity index (χ4v) is 3.26. The number of aliphatic hydroxyl groups excluding tert-OH is 2. The van der Waals surface area contributed by atoms with Gasteiger partial charge in [-0.15, -0.1) is 0 Å². The third-order valence-electron chi connectivity index (χ3n) is 4.67. The second-order valence-electron chi connectivity index (χ2n) is 8.86. The van der Waals surface area contributed by atoms with Crippen LogP contribution in [0.5, 0.6) is 0 Å². The number of rotatable bonds is 5. The topological polar surface area (TPSA) is 132 Å². The summed E-state index contributed by atoms with van der Waals surface area (Å²) in [4.78, 5) is 10.1. The van der Waals surface area contributed by atoms with Gasteiger partial charge in [0.1, 0.15) is 0 Å². The predicted octanol–water partition coefficient (Wildman–Crippen LogP) is 4.36. The van der Waals surface area contributed by atoms with Gasteiger partial charge >= 0.3 is 5.97 Å². The second-order valence-corrected chi connectivity index (χ2v) is 10.3. The summed E-state index contributed by atoms with van der Waals surface area (Å²) >= 11 is 0. The summed E-state index contributed by atoms with van der Waals surface area (Å²) in [5.41, 5.74) is 0.174. The average Bonchev–Trinajstić information content (AvgIpc) is 2.73. The summed E-state index contributed by atoms with van der Waals surface area (Å²) in [7, 11) is -4.00. The van der Waals surface area contributed by atoms with Gasteiger partial charge in [0.15, 0.2) is 0 Å². The molecule has 3 unspecified atom stereocenters. The van der Waals surface area contributed by atoms with E-state index in [0.717, 1.165) is 0 Å². The van der Waals surface area contributed by atoms with Crippen molar-refractivity contribution >= 4 is 16.1 Å². The summed E-state index contributed by atoms with van der Waals surface area (Å²) in [6.07, 6.45) is -0.876. The van der Waals surface area contributed by atoms with E-state index in [2.05, 4.69) is 0 Å². The first-order valence-corrected chi connectivity index (χ1v) is 11.7. The van der Waals surface area contributed by atoms with Crippen molar-refractivity contribution in [2.45, 2.75) is 58.6 Å². The normalized spacial score (nSPS) is 14.2. The SMILES string of the molecule is CC(C)C(O)C(C)C(O)C(C)(C)C.O=C(O)c1ccccc1.O=S(=O)(O)c1ccccc1. The van der Waals surface area contributed by atoms with Gasteiger partial charge in [0.25, 0.3) is 10.1 Å². The van der Waals surface area contributed by atoms with Gasteiger partial charge < -0.3 is 15.3 Å². The van der Waals surface area contributed by atoms with Crippen molar-refractivity contribution in [1.29, 1.82) is 0 Å². The maximum absolute atomic E-state index is 10.4. The molecule has 0 aliphatic rings. The van der Waals surface area contributed by atoms with Crippen LogP contribution in [0.3, 0.4) is 0 Å². The third kappa shape index (κ3) is 11.4. The lowest BCUT2D eigenvalue weighted by Crippen LogP contribution is -2.40. The number of aliphatic hydroxyl groups is 2. The predicted molar refractivity (Wildman–Crippen MR) is 125 cm³/mol. The zero-order valence-corrected chi connectivity index (χ0v) is 20.3. The number of carboxylic acid groups (broad SMARTS) is 1. The molecule has 0 fully saturated rings. The van der Waals surface area contributed by atoms with E-state index in [9.17, 15) is 23.4 Å². The van der Waals surface area contributed by atoms with Gasteiger partial charge in [-0.2, -0.15) is 8.42 Å². The molecule has 0 aromatic heterocycles. The molecule has 8 heteroatoms. The maximum Gasteiger partial charge on any atom is 0.335 e. The number of hydrogen-bond donors (Lipinski definition) is 4. The van der Waals surface area contributed by atoms with Crippen LogP contribution in [-0.4, -0.2) is 46.5 Å². The second kappa shape index (κ2) is 13.3. The first-order chi connectivity index (χ1) is 14.6. The summed E-state index contributed by atoms with van der Waals surface area (Å²) in [5.74, 6) is -0.748. The maximum atomic E-state index is 10.4. The van der Waals surface area contributed by atoms with Crippen molar-refractivity contribution in [2.75, 3.05) is 0 Å². The van der Waals surface area contributed by atoms with Crippen LogP contribution < -0.4 is 0 Å². The number of hydrogen-bond acceptors (Lipinski definition) is 5. The van der Waals surface area contributed by atoms with Crippen LogP contribution in [0.4, 0.5) is 0 Å². The lowest BCUT2D eigenvalue weighted by atomic mass is 9.78. The summed E-state index contributed by atoms with van der Waals surface area (Å²) < 4.78 is 29.2. The fraction of sp³-hybridized carbons (Fsp3) is 0.458. The van der Waals surface area contributed by atoms with Crippen LogP contribution in [0, 0.1) is 17.3 Å². The van der Waals surface area contributed by atoms with E-state index in [1.54, 1.807) is 48.5 Å². The minimum Gasteiger partial charge on any atom is -0.478 e. The Morgan fingerprint density at radius 1 is 0.844 bits per heavy atom. The van der Waals surface area contributed by atoms with E-state index >= 15 is 0 Å². The number of carbonyl (C=O) groups is 1. The average molecular weight is 469 g/mol. The Morgan fingerprint density at radius 2 is 1.25 bits per heavy atom. The highest BCUT2D eigenvalue weighted by molar-refractivity contribution is 7.85. The molecular formula is C24H36O7S. The van der Waals surface area contributed by atoms with Gasteiger partial charge in [0, 0.05) is 5.92 Å². The van der Waals surface area contributed by atoms with Crippen LogP contribution in [0.1, 0.15) is 51.9 Å². The first-order valence-electron chi connectivity index (χ1n) is 10.3. The highest BCUT2D eigenvalue weighted by Gasteiger charge is 2.32. The molecule has 2 aromatic rings. The molecular weight excluding hydrogens is 432 g/mol. The van der Waals surface area contributed by atoms with E-state index in [4.69, 9.17) is 9.66 Å². The molecule has 7 nitrogen and oxygen atoms in total. The monoisotopic (exact) mass is 468 g/mol. The molecule has 32 heavy (non-hydrogen) atoms. The largest absolute Gasteiger partial charge is 0.478 e. The van der Waals surface area contributed by atoms with Gasteiger partial charge in [0.05, 0.1) is 22.7 Å². The molecule has 0 saturated carbocycles. The van der Waals surface area contributed by atoms with Crippen LogP contribution in [0.15, 0.2) is 65.6 Å². The Balaban J connectivity index is 0.000000458. The molecule has 180 valence electrons. The number of carboxylic acids is 1. The first kappa shape index (κ1) is 29.7. The van der Waals surface area contributed by atoms with Crippen molar-refractivity contribution in [3.63, 3.8) is 0 Å². The molecule has 0 radical (unpaired) electrons. The lowest BCUT2D eigenvalue weighted by molar-refractivity contribution is -0.0501. The fourth-order valence-electron chi connectivity index (χ4n) is 2.76. The number of benzene rings is 2. The Morgan fingerprint density at radius 3 is 1.50 bits per heavy atom. The molecule has 2 rings (SSSR count). The molecule has 3 atom stereocenters. The van der Waals surface area contributed by atoms with Crippen molar-refractivity contribution in [3.05, 3.63) is 66.2 Å². The molecule has 0 heterocycles. The standard InChI is InChI=1S/C11H24O2.C7H6O2.C6H6O3S/c1-7(2)9(12)8(3)10(13)11(4,5)6;8-7(9)6-4-2-1-3-5-6;7-10(8,9)6-4-2-1-3-5-6/h7-10,12-13H,1-6H3;1-5H,(H,8,9);1-5H,(H,7,8,9). The van der Waals surface area contributed by atoms with Gasteiger partial charge in [-0.25, -0.2) is 4.79 Å². The Kier molecular flexibility index (Phi) is 12.4. The quantitative estimate of drug-likeness (QED) is 0.479. The van der Waals surface area contributed by atoms with Gasteiger partial charge in [-0.1, -0.05) is 77.9 Å². The molecule has 0 amide bonds. The Hall–Kier alpha value is -2.26. The van der Waals surface area contributed by atoms with Crippen molar-refractivity contribution < 1.29 is 33.1 Å². The van der Waals surface area contributed by atoms with E-state index in [0.29, 0.717) is 5.56 Å². The van der Waals surface area contributed by atoms with E-state index in [1.807, 2.05) is 41.5 Å². The smallest absolute Gasteiger partial charge is 0.335 e. The molecule has 0 aliphatic carbocycles. The highest BCUT2D eigenvalue weighted by atomic mass is 32.2. The van der Waals surface area contributed by atoms with E-state index in [1.165, 1.54) is 12.1 Å². The molecule has 0 saturated heterocycles. The van der Waals surface area contributed by atoms with Crippen molar-refractivity contribution in [1.82, 2.24) is 0 Å². The van der Waals surface area contributed by atoms with Crippen molar-refractivity contribution in [2.24, 2.45) is 17.3 Å². The minimum atomic E-state index is -4.00. The van der Waals surface area contributed by atoms with Crippen LogP contribution in [0.25, 0.3) is 0 Å². The third-order valence-corrected chi connectivity index (χ3v) is 5.54. The molecule has 2 aromatic carbocycles. The lowest BCUT2D eigenvalue weighted by Gasteiger charge is -2.34. The minimum absolute atomic E-state index is 0.0694. The van der Waals surface area contributed by atoms with E-state index in [-0.39, 0.29) is 22.1 Å². The highest BCUT2D eigenvalue weighted by Crippen LogP contribution is 2.28.